The Morgan fingerprint density at radius 2 is 2.00 bits per heavy atom. The van der Waals surface area contributed by atoms with E-state index in [1.165, 1.54) is 16.8 Å². The minimum Gasteiger partial charge on any atom is -0.311 e. The number of halogens is 5. The topological polar surface area (TPSA) is 46.9 Å². The third kappa shape index (κ3) is 3.30. The Morgan fingerprint density at radius 3 is 2.55 bits per heavy atom. The first kappa shape index (κ1) is 19.8. The van der Waals surface area contributed by atoms with Crippen LogP contribution in [-0.4, -0.2) is 27.5 Å². The summed E-state index contributed by atoms with van der Waals surface area (Å²) in [6.45, 7) is 0. The number of hydrogen-bond acceptors (Lipinski definition) is 2. The monoisotopic (exact) mass is 413 g/mol. The van der Waals surface area contributed by atoms with Crippen LogP contribution in [0.15, 0.2) is 24.3 Å². The van der Waals surface area contributed by atoms with Gasteiger partial charge in [-0.25, -0.2) is 4.39 Å². The van der Waals surface area contributed by atoms with E-state index < -0.39 is 42.3 Å². The van der Waals surface area contributed by atoms with Crippen molar-refractivity contribution in [3.8, 4) is 11.3 Å². The van der Waals surface area contributed by atoms with Crippen molar-refractivity contribution in [1.82, 2.24) is 9.78 Å². The van der Waals surface area contributed by atoms with Gasteiger partial charge in [0.15, 0.2) is 0 Å². The number of hydrogen-bond donors (Lipinski definition) is 1. The molecule has 2 fully saturated rings. The lowest BCUT2D eigenvalue weighted by atomic mass is 9.74. The number of carbonyl (C=O) groups is 1. The summed E-state index contributed by atoms with van der Waals surface area (Å²) in [4.78, 5) is 12.4. The smallest absolute Gasteiger partial charge is 0.311 e. The van der Waals surface area contributed by atoms with Crippen LogP contribution in [0.2, 0.25) is 0 Å². The molecule has 1 heterocycles. The molecule has 0 radical (unpaired) electrons. The Bertz CT molecular complexity index is 952. The van der Waals surface area contributed by atoms with Gasteiger partial charge >= 0.3 is 11.8 Å². The number of nitrogens with zero attached hydrogens (tertiary/aromatic N) is 2. The van der Waals surface area contributed by atoms with E-state index in [0.29, 0.717) is 17.1 Å². The number of alkyl halides is 4. The highest BCUT2D eigenvalue weighted by Crippen LogP contribution is 2.56. The fraction of sp³-hybridized carbons (Fsp3) is 0.500. The van der Waals surface area contributed by atoms with Gasteiger partial charge in [-0.3, -0.25) is 9.48 Å². The summed E-state index contributed by atoms with van der Waals surface area (Å²) < 4.78 is 68.2. The minimum absolute atomic E-state index is 0.103. The van der Waals surface area contributed by atoms with Crippen molar-refractivity contribution in [3.05, 3.63) is 35.6 Å². The first-order valence-corrected chi connectivity index (χ1v) is 9.48. The zero-order valence-electron chi connectivity index (χ0n) is 15.7. The van der Waals surface area contributed by atoms with Gasteiger partial charge in [0.2, 0.25) is 5.91 Å². The predicted octanol–water partition coefficient (Wildman–Crippen LogP) is 5.11. The van der Waals surface area contributed by atoms with E-state index in [0.717, 1.165) is 24.8 Å². The highest BCUT2D eigenvalue weighted by atomic mass is 19.3. The Kier molecular flexibility index (Phi) is 4.66. The maximum absolute atomic E-state index is 13.7. The molecule has 0 bridgehead atoms. The Hall–Kier alpha value is -2.45. The van der Waals surface area contributed by atoms with Gasteiger partial charge in [0.05, 0.1) is 5.69 Å². The molecular formula is C20H20F5N3O. The Labute approximate surface area is 164 Å². The first-order chi connectivity index (χ1) is 13.6. The molecule has 4 rings (SSSR count). The zero-order chi connectivity index (χ0) is 21.0. The fourth-order valence-electron chi connectivity index (χ4n) is 3.97. The summed E-state index contributed by atoms with van der Waals surface area (Å²) in [7, 11) is 1.59. The van der Waals surface area contributed by atoms with Crippen molar-refractivity contribution >= 4 is 11.7 Å². The third-order valence-electron chi connectivity index (χ3n) is 5.89. The van der Waals surface area contributed by atoms with E-state index in [1.807, 2.05) is 0 Å². The largest absolute Gasteiger partial charge is 0.313 e. The van der Waals surface area contributed by atoms with E-state index in [4.69, 9.17) is 0 Å². The average Bonchev–Trinajstić information content (AvgIpc) is 2.89. The van der Waals surface area contributed by atoms with Gasteiger partial charge in [-0.2, -0.15) is 22.7 Å². The Morgan fingerprint density at radius 1 is 1.28 bits per heavy atom. The number of anilines is 1. The SMILES string of the molecule is Cn1nc(-c2cccc(F)c2)c(C2CCC2)c1NC(=O)C[C@H]1CC(F)(F)C1(F)F. The third-order valence-corrected chi connectivity index (χ3v) is 5.89. The number of carbonyl (C=O) groups excluding carboxylic acids is 1. The van der Waals surface area contributed by atoms with Crippen LogP contribution in [0.5, 0.6) is 0 Å². The van der Waals surface area contributed by atoms with Crippen molar-refractivity contribution in [1.29, 1.82) is 0 Å². The van der Waals surface area contributed by atoms with Crippen LogP contribution in [0.1, 0.15) is 43.6 Å². The van der Waals surface area contributed by atoms with Crippen molar-refractivity contribution < 1.29 is 26.7 Å². The molecule has 1 amide bonds. The van der Waals surface area contributed by atoms with Crippen LogP contribution in [0.25, 0.3) is 11.3 Å². The summed E-state index contributed by atoms with van der Waals surface area (Å²) in [5, 5.41) is 7.00. The number of amides is 1. The number of nitrogens with one attached hydrogen (secondary N) is 1. The lowest BCUT2D eigenvalue weighted by Gasteiger charge is -2.43. The molecule has 156 valence electrons. The molecule has 1 atom stereocenters. The van der Waals surface area contributed by atoms with Crippen molar-refractivity contribution in [2.75, 3.05) is 5.32 Å². The molecule has 0 saturated heterocycles. The summed E-state index contributed by atoms with van der Waals surface area (Å²) in [6.07, 6.45) is 1.02. The maximum atomic E-state index is 13.7. The molecule has 1 N–H and O–H groups in total. The molecule has 0 unspecified atom stereocenters. The summed E-state index contributed by atoms with van der Waals surface area (Å²) in [5.74, 6) is -10.7. The molecule has 0 spiro atoms. The number of rotatable bonds is 5. The molecule has 2 aromatic rings. The first-order valence-electron chi connectivity index (χ1n) is 9.48. The zero-order valence-corrected chi connectivity index (χ0v) is 15.7. The van der Waals surface area contributed by atoms with Crippen LogP contribution in [0.3, 0.4) is 0 Å². The second-order valence-corrected chi connectivity index (χ2v) is 7.85. The second kappa shape index (κ2) is 6.81. The van der Waals surface area contributed by atoms with Crippen molar-refractivity contribution in [3.63, 3.8) is 0 Å². The molecule has 1 aromatic carbocycles. The van der Waals surface area contributed by atoms with Gasteiger partial charge < -0.3 is 5.32 Å². The van der Waals surface area contributed by atoms with E-state index in [1.54, 1.807) is 19.2 Å². The van der Waals surface area contributed by atoms with Crippen molar-refractivity contribution in [2.24, 2.45) is 13.0 Å². The molecule has 9 heteroatoms. The average molecular weight is 413 g/mol. The maximum Gasteiger partial charge on any atom is 0.313 e. The minimum atomic E-state index is -4.18. The highest BCUT2D eigenvalue weighted by molar-refractivity contribution is 5.92. The van der Waals surface area contributed by atoms with Crippen LogP contribution >= 0.6 is 0 Å². The molecule has 29 heavy (non-hydrogen) atoms. The molecule has 2 aliphatic rings. The van der Waals surface area contributed by atoms with Gasteiger partial charge in [0, 0.05) is 36.9 Å². The quantitative estimate of drug-likeness (QED) is 0.693. The van der Waals surface area contributed by atoms with Gasteiger partial charge in [-0.1, -0.05) is 18.6 Å². The molecular weight excluding hydrogens is 393 g/mol. The van der Waals surface area contributed by atoms with E-state index in [-0.39, 0.29) is 5.92 Å². The molecule has 1 aromatic heterocycles. The van der Waals surface area contributed by atoms with Gasteiger partial charge in [0.1, 0.15) is 11.6 Å². The summed E-state index contributed by atoms with van der Waals surface area (Å²) >= 11 is 0. The van der Waals surface area contributed by atoms with E-state index in [2.05, 4.69) is 10.4 Å². The van der Waals surface area contributed by atoms with E-state index >= 15 is 0 Å². The molecule has 2 aliphatic carbocycles. The van der Waals surface area contributed by atoms with Gasteiger partial charge in [-0.05, 0) is 30.9 Å². The number of aromatic nitrogens is 2. The normalized spacial score (nSPS) is 22.6. The predicted molar refractivity (Wildman–Crippen MR) is 96.4 cm³/mol. The lowest BCUT2D eigenvalue weighted by molar-refractivity contribution is -0.313. The number of aryl methyl sites for hydroxylation is 1. The van der Waals surface area contributed by atoms with Crippen LogP contribution in [0.4, 0.5) is 27.8 Å². The Balaban J connectivity index is 1.60. The summed E-state index contributed by atoms with van der Waals surface area (Å²) in [6, 6.07) is 5.91. The number of benzene rings is 1. The highest BCUT2D eigenvalue weighted by Gasteiger charge is 2.71. The van der Waals surface area contributed by atoms with Crippen LogP contribution in [-0.2, 0) is 11.8 Å². The van der Waals surface area contributed by atoms with Gasteiger partial charge in [-0.15, -0.1) is 0 Å². The standard InChI is InChI=1S/C20H20F5N3O/c1-28-18(26-15(29)9-13-10-19(22,23)20(13,24)25)16(11-4-2-5-11)17(27-28)12-6-3-7-14(21)8-12/h3,6-8,11,13H,2,4-5,9-10H2,1H3,(H,26,29)/t13-/m0/s1. The van der Waals surface area contributed by atoms with Gasteiger partial charge in [0.25, 0.3) is 0 Å². The molecule has 2 saturated carbocycles. The fourth-order valence-corrected chi connectivity index (χ4v) is 3.97. The lowest BCUT2D eigenvalue weighted by Crippen LogP contribution is -2.59. The van der Waals surface area contributed by atoms with Crippen molar-refractivity contribution in [2.45, 2.75) is 49.9 Å². The van der Waals surface area contributed by atoms with Crippen LogP contribution in [0, 0.1) is 11.7 Å². The summed E-state index contributed by atoms with van der Waals surface area (Å²) in [5.41, 5.74) is 1.80. The van der Waals surface area contributed by atoms with E-state index in [9.17, 15) is 26.7 Å². The molecule has 4 nitrogen and oxygen atoms in total. The van der Waals surface area contributed by atoms with Crippen LogP contribution < -0.4 is 5.32 Å². The second-order valence-electron chi connectivity index (χ2n) is 7.85. The molecule has 0 aliphatic heterocycles.